The highest BCUT2D eigenvalue weighted by Gasteiger charge is 2.23. The van der Waals surface area contributed by atoms with Crippen molar-refractivity contribution >= 4 is 17.6 Å². The molecule has 1 aromatic carbocycles. The highest BCUT2D eigenvalue weighted by atomic mass is 16.2. The topological polar surface area (TPSA) is 96.2 Å². The normalized spacial score (nSPS) is 15.3. The first-order chi connectivity index (χ1) is 9.58. The van der Waals surface area contributed by atoms with E-state index in [4.69, 9.17) is 5.73 Å². The number of carbonyl (C=O) groups excluding carboxylic acids is 2. The van der Waals surface area contributed by atoms with Gasteiger partial charge in [-0.25, -0.2) is 4.79 Å². The van der Waals surface area contributed by atoms with Gasteiger partial charge in [0.1, 0.15) is 0 Å². The molecule has 1 fully saturated rings. The van der Waals surface area contributed by atoms with Crippen molar-refractivity contribution in [2.75, 3.05) is 11.9 Å². The lowest BCUT2D eigenvalue weighted by Gasteiger charge is -2.12. The van der Waals surface area contributed by atoms with E-state index in [1.807, 2.05) is 6.92 Å². The van der Waals surface area contributed by atoms with Gasteiger partial charge in [0, 0.05) is 29.9 Å². The van der Waals surface area contributed by atoms with Crippen LogP contribution in [0.1, 0.15) is 30.1 Å². The van der Waals surface area contributed by atoms with Gasteiger partial charge in [-0.3, -0.25) is 4.79 Å². The monoisotopic (exact) mass is 276 g/mol. The van der Waals surface area contributed by atoms with E-state index in [2.05, 4.69) is 16.0 Å². The summed E-state index contributed by atoms with van der Waals surface area (Å²) in [5.74, 6) is -0.200. The molecule has 0 bridgehead atoms. The molecule has 1 aliphatic rings. The van der Waals surface area contributed by atoms with Gasteiger partial charge in [0.05, 0.1) is 0 Å². The second-order valence-corrected chi connectivity index (χ2v) is 5.06. The molecular formula is C14H20N4O2. The van der Waals surface area contributed by atoms with Gasteiger partial charge < -0.3 is 21.7 Å². The predicted molar refractivity (Wildman–Crippen MR) is 77.6 cm³/mol. The van der Waals surface area contributed by atoms with Crippen LogP contribution in [0.2, 0.25) is 0 Å². The van der Waals surface area contributed by atoms with Crippen molar-refractivity contribution in [3.8, 4) is 0 Å². The summed E-state index contributed by atoms with van der Waals surface area (Å²) in [6.07, 6.45) is 2.07. The van der Waals surface area contributed by atoms with Crippen molar-refractivity contribution in [1.29, 1.82) is 0 Å². The van der Waals surface area contributed by atoms with E-state index in [0.29, 0.717) is 23.8 Å². The van der Waals surface area contributed by atoms with E-state index in [1.165, 1.54) is 0 Å². The summed E-state index contributed by atoms with van der Waals surface area (Å²) in [4.78, 5) is 23.6. The van der Waals surface area contributed by atoms with E-state index < -0.39 is 0 Å². The number of benzene rings is 1. The lowest BCUT2D eigenvalue weighted by atomic mass is 10.1. The summed E-state index contributed by atoms with van der Waals surface area (Å²) in [5.41, 5.74) is 6.56. The molecule has 3 amide bonds. The molecule has 0 heterocycles. The van der Waals surface area contributed by atoms with E-state index in [9.17, 15) is 9.59 Å². The van der Waals surface area contributed by atoms with Crippen LogP contribution in [0, 0.1) is 0 Å². The lowest BCUT2D eigenvalue weighted by Crippen LogP contribution is -2.37. The molecule has 1 aromatic rings. The summed E-state index contributed by atoms with van der Waals surface area (Å²) >= 11 is 0. The van der Waals surface area contributed by atoms with Gasteiger partial charge in [0.2, 0.25) is 0 Å². The number of urea groups is 1. The van der Waals surface area contributed by atoms with Crippen LogP contribution in [0.4, 0.5) is 10.5 Å². The van der Waals surface area contributed by atoms with Crippen LogP contribution in [-0.2, 0) is 0 Å². The molecule has 0 spiro atoms. The number of rotatable bonds is 5. The molecular weight excluding hydrogens is 256 g/mol. The molecule has 0 unspecified atom stereocenters. The fourth-order valence-corrected chi connectivity index (χ4v) is 1.68. The summed E-state index contributed by atoms with van der Waals surface area (Å²) < 4.78 is 0. The largest absolute Gasteiger partial charge is 0.348 e. The van der Waals surface area contributed by atoms with E-state index in [1.54, 1.807) is 24.3 Å². The fourth-order valence-electron chi connectivity index (χ4n) is 1.68. The van der Waals surface area contributed by atoms with Crippen molar-refractivity contribution in [3.05, 3.63) is 29.8 Å². The first-order valence-corrected chi connectivity index (χ1v) is 6.77. The minimum atomic E-state index is -0.236. The molecule has 1 saturated carbocycles. The first kappa shape index (κ1) is 14.3. The molecule has 0 saturated heterocycles. The van der Waals surface area contributed by atoms with Crippen LogP contribution in [-0.4, -0.2) is 30.6 Å². The zero-order chi connectivity index (χ0) is 14.5. The van der Waals surface area contributed by atoms with Gasteiger partial charge in [-0.05, 0) is 38.0 Å². The Labute approximate surface area is 118 Å². The van der Waals surface area contributed by atoms with Crippen molar-refractivity contribution in [1.82, 2.24) is 10.6 Å². The van der Waals surface area contributed by atoms with Gasteiger partial charge in [0.25, 0.3) is 5.91 Å². The maximum Gasteiger partial charge on any atom is 0.319 e. The Morgan fingerprint density at radius 2 is 2.15 bits per heavy atom. The lowest BCUT2D eigenvalue weighted by molar-refractivity contribution is 0.0941. The van der Waals surface area contributed by atoms with Crippen LogP contribution >= 0.6 is 0 Å². The third kappa shape index (κ3) is 4.24. The van der Waals surface area contributed by atoms with Crippen molar-refractivity contribution in [2.24, 2.45) is 5.73 Å². The van der Waals surface area contributed by atoms with Crippen molar-refractivity contribution < 1.29 is 9.59 Å². The summed E-state index contributed by atoms with van der Waals surface area (Å²) in [5, 5.41) is 8.32. The minimum absolute atomic E-state index is 0.0859. The van der Waals surface area contributed by atoms with Crippen LogP contribution < -0.4 is 21.7 Å². The average Bonchev–Trinajstić information content (AvgIpc) is 3.22. The Kier molecular flexibility index (Phi) is 4.57. The molecule has 6 heteroatoms. The van der Waals surface area contributed by atoms with Gasteiger partial charge >= 0.3 is 6.03 Å². The van der Waals surface area contributed by atoms with E-state index >= 15 is 0 Å². The Morgan fingerprint density at radius 1 is 1.40 bits per heavy atom. The van der Waals surface area contributed by atoms with E-state index in [-0.39, 0.29) is 18.0 Å². The standard InChI is InChI=1S/C14H20N4O2/c1-9(8-15)16-13(19)10-3-2-4-12(7-10)18-14(20)17-11-5-6-11/h2-4,7,9,11H,5-6,8,15H2,1H3,(H,16,19)(H2,17,18,20)/t9-/m0/s1. The van der Waals surface area contributed by atoms with Gasteiger partial charge in [-0.2, -0.15) is 0 Å². The first-order valence-electron chi connectivity index (χ1n) is 6.77. The molecule has 5 N–H and O–H groups in total. The van der Waals surface area contributed by atoms with Crippen molar-refractivity contribution in [2.45, 2.75) is 31.8 Å². The number of hydrogen-bond donors (Lipinski definition) is 4. The second kappa shape index (κ2) is 6.38. The smallest absolute Gasteiger partial charge is 0.319 e. The average molecular weight is 276 g/mol. The van der Waals surface area contributed by atoms with Crippen LogP contribution in [0.15, 0.2) is 24.3 Å². The Balaban J connectivity index is 1.95. The van der Waals surface area contributed by atoms with E-state index in [0.717, 1.165) is 12.8 Å². The Hall–Kier alpha value is -2.08. The fraction of sp³-hybridized carbons (Fsp3) is 0.429. The quantitative estimate of drug-likeness (QED) is 0.647. The molecule has 0 aromatic heterocycles. The van der Waals surface area contributed by atoms with Gasteiger partial charge in [-0.15, -0.1) is 0 Å². The Bertz CT molecular complexity index is 500. The zero-order valence-corrected chi connectivity index (χ0v) is 11.5. The summed E-state index contributed by atoms with van der Waals surface area (Å²) in [7, 11) is 0. The number of carbonyl (C=O) groups is 2. The Morgan fingerprint density at radius 3 is 2.80 bits per heavy atom. The van der Waals surface area contributed by atoms with Gasteiger partial charge in [-0.1, -0.05) is 6.07 Å². The van der Waals surface area contributed by atoms with Gasteiger partial charge in [0.15, 0.2) is 0 Å². The summed E-state index contributed by atoms with van der Waals surface area (Å²) in [6, 6.07) is 6.79. The number of anilines is 1. The molecule has 1 aliphatic carbocycles. The molecule has 108 valence electrons. The maximum absolute atomic E-state index is 11.9. The van der Waals surface area contributed by atoms with Crippen LogP contribution in [0.3, 0.4) is 0 Å². The predicted octanol–water partition coefficient (Wildman–Crippen LogP) is 1.05. The number of hydrogen-bond acceptors (Lipinski definition) is 3. The molecule has 20 heavy (non-hydrogen) atoms. The van der Waals surface area contributed by atoms with Crippen LogP contribution in [0.25, 0.3) is 0 Å². The zero-order valence-electron chi connectivity index (χ0n) is 11.5. The summed E-state index contributed by atoms with van der Waals surface area (Å²) in [6.45, 7) is 2.22. The van der Waals surface area contributed by atoms with Crippen molar-refractivity contribution in [3.63, 3.8) is 0 Å². The molecule has 0 aliphatic heterocycles. The number of nitrogens with one attached hydrogen (secondary N) is 3. The molecule has 0 radical (unpaired) electrons. The number of amides is 3. The maximum atomic E-state index is 11.9. The molecule has 6 nitrogen and oxygen atoms in total. The molecule has 2 rings (SSSR count). The van der Waals surface area contributed by atoms with Crippen LogP contribution in [0.5, 0.6) is 0 Å². The molecule has 1 atom stereocenters. The SMILES string of the molecule is C[C@@H](CN)NC(=O)c1cccc(NC(=O)NC2CC2)c1. The highest BCUT2D eigenvalue weighted by molar-refractivity contribution is 5.97. The third-order valence-electron chi connectivity index (χ3n) is 3.03. The number of nitrogens with two attached hydrogens (primary N) is 1. The third-order valence-corrected chi connectivity index (χ3v) is 3.03. The highest BCUT2D eigenvalue weighted by Crippen LogP contribution is 2.19. The second-order valence-electron chi connectivity index (χ2n) is 5.06. The minimum Gasteiger partial charge on any atom is -0.348 e.